The number of halogens is 1. The maximum Gasteiger partial charge on any atom is 0.289 e. The van der Waals surface area contributed by atoms with E-state index in [1.165, 1.54) is 19.1 Å². The largest absolute Gasteiger partial charge is 0.495 e. The number of carbonyl (C=O) groups is 2. The molecule has 34 heavy (non-hydrogen) atoms. The van der Waals surface area contributed by atoms with Crippen LogP contribution in [-0.2, 0) is 11.4 Å². The van der Waals surface area contributed by atoms with E-state index in [0.29, 0.717) is 28.0 Å². The van der Waals surface area contributed by atoms with Gasteiger partial charge in [-0.25, -0.2) is 0 Å². The SMILES string of the molecule is COc1ccc(Cl)cc1NC(=O)CN(C)C(=O)c1ccc(COc2ccc3ccccc3c2)o1. The van der Waals surface area contributed by atoms with Gasteiger partial charge in [0.25, 0.3) is 5.91 Å². The van der Waals surface area contributed by atoms with Crippen LogP contribution in [0, 0.1) is 0 Å². The molecule has 3 aromatic carbocycles. The number of nitrogens with one attached hydrogen (secondary N) is 1. The van der Waals surface area contributed by atoms with Crippen LogP contribution in [0.5, 0.6) is 11.5 Å². The van der Waals surface area contributed by atoms with Crippen molar-refractivity contribution < 1.29 is 23.5 Å². The van der Waals surface area contributed by atoms with Crippen LogP contribution in [0.25, 0.3) is 10.8 Å². The van der Waals surface area contributed by atoms with Crippen molar-refractivity contribution in [3.05, 3.63) is 89.3 Å². The van der Waals surface area contributed by atoms with Crippen LogP contribution in [0.1, 0.15) is 16.3 Å². The van der Waals surface area contributed by atoms with Gasteiger partial charge in [0.15, 0.2) is 5.76 Å². The Morgan fingerprint density at radius 3 is 2.59 bits per heavy atom. The third-order valence-corrected chi connectivity index (χ3v) is 5.37. The summed E-state index contributed by atoms with van der Waals surface area (Å²) in [6.07, 6.45) is 0. The summed E-state index contributed by atoms with van der Waals surface area (Å²) in [4.78, 5) is 26.4. The minimum Gasteiger partial charge on any atom is -0.495 e. The molecular formula is C26H23ClN2O5. The van der Waals surface area contributed by atoms with E-state index in [1.807, 2.05) is 42.5 Å². The molecule has 174 valence electrons. The molecule has 0 bridgehead atoms. The lowest BCUT2D eigenvalue weighted by molar-refractivity contribution is -0.116. The second-order valence-electron chi connectivity index (χ2n) is 7.62. The molecule has 0 saturated heterocycles. The fourth-order valence-electron chi connectivity index (χ4n) is 3.43. The van der Waals surface area contributed by atoms with E-state index in [9.17, 15) is 9.59 Å². The highest BCUT2D eigenvalue weighted by Crippen LogP contribution is 2.27. The predicted molar refractivity (Wildman–Crippen MR) is 131 cm³/mol. The lowest BCUT2D eigenvalue weighted by Crippen LogP contribution is -2.34. The quantitative estimate of drug-likeness (QED) is 0.367. The van der Waals surface area contributed by atoms with Gasteiger partial charge in [-0.2, -0.15) is 0 Å². The van der Waals surface area contributed by atoms with Crippen LogP contribution in [0.3, 0.4) is 0 Å². The van der Waals surface area contributed by atoms with Gasteiger partial charge in [0.2, 0.25) is 5.91 Å². The molecule has 0 unspecified atom stereocenters. The van der Waals surface area contributed by atoms with Gasteiger partial charge in [-0.05, 0) is 53.2 Å². The second kappa shape index (κ2) is 10.3. The monoisotopic (exact) mass is 478 g/mol. The number of benzene rings is 3. The van der Waals surface area contributed by atoms with Crippen molar-refractivity contribution in [2.75, 3.05) is 26.0 Å². The van der Waals surface area contributed by atoms with Crippen LogP contribution < -0.4 is 14.8 Å². The molecule has 7 nitrogen and oxygen atoms in total. The highest BCUT2D eigenvalue weighted by molar-refractivity contribution is 6.31. The Morgan fingerprint density at radius 2 is 1.79 bits per heavy atom. The Hall–Kier alpha value is -3.97. The van der Waals surface area contributed by atoms with E-state index >= 15 is 0 Å². The van der Waals surface area contributed by atoms with Gasteiger partial charge in [0, 0.05) is 12.1 Å². The first-order valence-corrected chi connectivity index (χ1v) is 10.9. The number of anilines is 1. The summed E-state index contributed by atoms with van der Waals surface area (Å²) in [5.74, 6) is 0.959. The molecule has 1 N–H and O–H groups in total. The number of hydrogen-bond acceptors (Lipinski definition) is 5. The number of fused-ring (bicyclic) bond motifs is 1. The predicted octanol–water partition coefficient (Wildman–Crippen LogP) is 5.38. The summed E-state index contributed by atoms with van der Waals surface area (Å²) >= 11 is 5.99. The van der Waals surface area contributed by atoms with Crippen molar-refractivity contribution in [1.82, 2.24) is 4.90 Å². The van der Waals surface area contributed by atoms with Gasteiger partial charge in [-0.15, -0.1) is 0 Å². The first-order valence-electron chi connectivity index (χ1n) is 10.5. The van der Waals surface area contributed by atoms with Crippen molar-refractivity contribution in [3.8, 4) is 11.5 Å². The molecule has 0 atom stereocenters. The molecule has 0 spiro atoms. The molecule has 4 aromatic rings. The number of likely N-dealkylation sites (N-methyl/N-ethyl adjacent to an activating group) is 1. The Morgan fingerprint density at radius 1 is 1.00 bits per heavy atom. The van der Waals surface area contributed by atoms with E-state index in [4.69, 9.17) is 25.5 Å². The molecule has 4 rings (SSSR count). The Balaban J connectivity index is 1.33. The topological polar surface area (TPSA) is 81.0 Å². The van der Waals surface area contributed by atoms with Crippen LogP contribution in [0.4, 0.5) is 5.69 Å². The van der Waals surface area contributed by atoms with Gasteiger partial charge >= 0.3 is 0 Å². The van der Waals surface area contributed by atoms with Gasteiger partial charge in [-0.3, -0.25) is 9.59 Å². The Kier molecular flexibility index (Phi) is 7.04. The molecule has 0 fully saturated rings. The summed E-state index contributed by atoms with van der Waals surface area (Å²) in [6.45, 7) is -0.0114. The molecule has 8 heteroatoms. The number of methoxy groups -OCH3 is 1. The van der Waals surface area contributed by atoms with Crippen LogP contribution in [0.2, 0.25) is 5.02 Å². The van der Waals surface area contributed by atoms with Crippen LogP contribution in [0.15, 0.2) is 77.2 Å². The van der Waals surface area contributed by atoms with E-state index in [1.54, 1.807) is 30.3 Å². The zero-order valence-corrected chi connectivity index (χ0v) is 19.5. The third kappa shape index (κ3) is 5.50. The highest BCUT2D eigenvalue weighted by atomic mass is 35.5. The van der Waals surface area contributed by atoms with Crippen LogP contribution in [-0.4, -0.2) is 37.4 Å². The number of rotatable bonds is 8. The minimum absolute atomic E-state index is 0.118. The molecule has 2 amide bonds. The lowest BCUT2D eigenvalue weighted by atomic mass is 10.1. The summed E-state index contributed by atoms with van der Waals surface area (Å²) < 4.78 is 16.7. The van der Waals surface area contributed by atoms with E-state index in [0.717, 1.165) is 10.8 Å². The third-order valence-electron chi connectivity index (χ3n) is 5.14. The Bertz CT molecular complexity index is 1330. The van der Waals surface area contributed by atoms with E-state index < -0.39 is 11.8 Å². The first-order chi connectivity index (χ1) is 16.4. The fourth-order valence-corrected chi connectivity index (χ4v) is 3.60. The maximum atomic E-state index is 12.7. The fraction of sp³-hybridized carbons (Fsp3) is 0.154. The van der Waals surface area contributed by atoms with E-state index in [2.05, 4.69) is 5.32 Å². The second-order valence-corrected chi connectivity index (χ2v) is 8.05. The first kappa shape index (κ1) is 23.2. The van der Waals surface area contributed by atoms with Crippen molar-refractivity contribution in [2.45, 2.75) is 6.61 Å². The Labute approximate surface area is 201 Å². The number of ether oxygens (including phenoxy) is 2. The zero-order valence-electron chi connectivity index (χ0n) is 18.7. The molecule has 0 aliphatic heterocycles. The molecule has 0 saturated carbocycles. The molecule has 1 aromatic heterocycles. The number of hydrogen-bond donors (Lipinski definition) is 1. The molecule has 0 aliphatic carbocycles. The van der Waals surface area contributed by atoms with Crippen molar-refractivity contribution in [1.29, 1.82) is 0 Å². The number of carbonyl (C=O) groups excluding carboxylic acids is 2. The summed E-state index contributed by atoms with van der Waals surface area (Å²) in [6, 6.07) is 22.0. The van der Waals surface area contributed by atoms with Gasteiger partial charge in [-0.1, -0.05) is 41.9 Å². The zero-order chi connectivity index (χ0) is 24.1. The van der Waals surface area contributed by atoms with Crippen molar-refractivity contribution in [2.24, 2.45) is 0 Å². The van der Waals surface area contributed by atoms with Gasteiger partial charge in [0.05, 0.1) is 19.3 Å². The smallest absolute Gasteiger partial charge is 0.289 e. The van der Waals surface area contributed by atoms with Crippen molar-refractivity contribution in [3.63, 3.8) is 0 Å². The number of nitrogens with zero attached hydrogens (tertiary/aromatic N) is 1. The summed E-state index contributed by atoms with van der Waals surface area (Å²) in [7, 11) is 3.01. The summed E-state index contributed by atoms with van der Waals surface area (Å²) in [5.41, 5.74) is 0.423. The number of furan rings is 1. The minimum atomic E-state index is -0.426. The standard InChI is InChI=1S/C26H23ClN2O5/c1-29(15-25(30)28-22-14-19(27)8-11-23(22)32-2)26(31)24-12-10-21(34-24)16-33-20-9-7-17-5-3-4-6-18(17)13-20/h3-14H,15-16H2,1-2H3,(H,28,30). The van der Waals surface area contributed by atoms with Gasteiger partial charge < -0.3 is 24.1 Å². The van der Waals surface area contributed by atoms with Gasteiger partial charge in [0.1, 0.15) is 23.9 Å². The molecule has 0 aliphatic rings. The highest BCUT2D eigenvalue weighted by Gasteiger charge is 2.19. The van der Waals surface area contributed by atoms with Crippen LogP contribution >= 0.6 is 11.6 Å². The molecule has 1 heterocycles. The lowest BCUT2D eigenvalue weighted by Gasteiger charge is -2.16. The summed E-state index contributed by atoms with van der Waals surface area (Å²) in [5, 5.41) is 5.36. The molecule has 0 radical (unpaired) electrons. The van der Waals surface area contributed by atoms with E-state index in [-0.39, 0.29) is 18.9 Å². The average molecular weight is 479 g/mol. The number of amides is 2. The average Bonchev–Trinajstić information content (AvgIpc) is 3.31. The normalized spacial score (nSPS) is 10.7. The molecular weight excluding hydrogens is 456 g/mol. The van der Waals surface area contributed by atoms with Crippen molar-refractivity contribution >= 4 is 39.9 Å². The maximum absolute atomic E-state index is 12.7.